The average molecular weight is 1710 g/mol. The number of halogens is 9. The number of rotatable bonds is 5. The third-order valence-corrected chi connectivity index (χ3v) is 7.05. The van der Waals surface area contributed by atoms with Crippen molar-refractivity contribution >= 4 is 229 Å². The van der Waals surface area contributed by atoms with Crippen LogP contribution in [0.25, 0.3) is 0 Å². The first-order chi connectivity index (χ1) is 22.7. The Morgan fingerprint density at radius 1 is 0.385 bits per heavy atom. The Balaban J connectivity index is -0.000000777. The predicted molar refractivity (Wildman–Crippen MR) is 178 cm³/mol. The van der Waals surface area contributed by atoms with Crippen molar-refractivity contribution in [1.29, 1.82) is 0 Å². The van der Waals surface area contributed by atoms with E-state index < -0.39 is 116 Å². The number of benzene rings is 3. The molecule has 0 bridgehead atoms. The summed E-state index contributed by atoms with van der Waals surface area (Å²) < 4.78 is 166. The summed E-state index contributed by atoms with van der Waals surface area (Å²) in [7, 11) is 26.0. The van der Waals surface area contributed by atoms with Gasteiger partial charge in [0.05, 0.1) is 0 Å². The summed E-state index contributed by atoms with van der Waals surface area (Å²) >= 11 is -22.3. The van der Waals surface area contributed by atoms with Gasteiger partial charge in [-0.25, -0.2) is 0 Å². The van der Waals surface area contributed by atoms with E-state index in [1.54, 1.807) is 36.4 Å². The maximum atomic E-state index is 12.2. The van der Waals surface area contributed by atoms with Gasteiger partial charge in [0.25, 0.3) is 0 Å². The van der Waals surface area contributed by atoms with E-state index in [1.165, 1.54) is 0 Å². The average Bonchev–Trinajstić information content (AvgIpc) is 2.83. The van der Waals surface area contributed by atoms with Crippen LogP contribution in [0.5, 0.6) is 0 Å². The van der Waals surface area contributed by atoms with Crippen molar-refractivity contribution in [3.05, 3.63) is 86.2 Å². The molecular weight excluding hydrogens is 1700 g/mol. The van der Waals surface area contributed by atoms with Gasteiger partial charge >= 0.3 is 378 Å². The van der Waals surface area contributed by atoms with E-state index in [2.05, 4.69) is 91.9 Å². The molecule has 0 aliphatic carbocycles. The number of quaternary nitrogens is 1. The number of nitrogens with zero attached hydrogens (tertiary/aromatic N) is 1. The zero-order valence-corrected chi connectivity index (χ0v) is 48.4. The topological polar surface area (TPSA) is 365 Å². The normalized spacial score (nSPS) is 12.9. The molecule has 0 saturated heterocycles. The van der Waals surface area contributed by atoms with Crippen molar-refractivity contribution in [3.8, 4) is 0 Å². The van der Waals surface area contributed by atoms with Gasteiger partial charge in [0.15, 0.2) is 0 Å². The maximum absolute atomic E-state index is 12.2. The van der Waals surface area contributed by atoms with Gasteiger partial charge in [-0.15, -0.1) is 0 Å². The van der Waals surface area contributed by atoms with E-state index in [1.807, 2.05) is 36.4 Å². The van der Waals surface area contributed by atoms with Crippen molar-refractivity contribution in [2.75, 3.05) is 0 Å². The Morgan fingerprint density at radius 3 is 0.635 bits per heavy atom. The molecule has 52 heavy (non-hydrogen) atoms. The van der Waals surface area contributed by atoms with Crippen molar-refractivity contribution < 1.29 is 58.5 Å². The van der Waals surface area contributed by atoms with Crippen molar-refractivity contribution in [2.24, 2.45) is 0 Å². The Bertz CT molecular complexity index is 1530. The molecule has 0 N–H and O–H groups in total. The van der Waals surface area contributed by atoms with Crippen LogP contribution in [0.15, 0.2) is 86.2 Å². The molecule has 300 valence electrons. The van der Waals surface area contributed by atoms with Crippen LogP contribution >= 0.6 is 101 Å². The first-order valence-corrected chi connectivity index (χ1v) is 51.7. The molecule has 1 unspecified atom stereocenters. The van der Waals surface area contributed by atoms with Gasteiger partial charge in [-0.1, -0.05) is 0 Å². The molecule has 0 saturated carbocycles. The quantitative estimate of drug-likeness (QED) is 0.132. The van der Waals surface area contributed by atoms with Crippen molar-refractivity contribution in [3.63, 3.8) is 0 Å². The first-order valence-electron chi connectivity index (χ1n) is 11.2. The first kappa shape index (κ1) is 60.3. The van der Waals surface area contributed by atoms with Gasteiger partial charge < -0.3 is 0 Å². The van der Waals surface area contributed by atoms with Gasteiger partial charge in [-0.05, 0) is 0 Å². The van der Waals surface area contributed by atoms with E-state index >= 15 is 0 Å². The molecule has 34 heteroatoms. The Morgan fingerprint density at radius 2 is 0.519 bits per heavy atom. The predicted octanol–water partition coefficient (Wildman–Crippen LogP) is -4.60. The summed E-state index contributed by atoms with van der Waals surface area (Å²) in [5, 5.41) is 0. The van der Waals surface area contributed by atoms with Crippen LogP contribution < -0.4 is 41.9 Å². The molecule has 0 fully saturated rings. The van der Waals surface area contributed by atoms with E-state index in [9.17, 15) is 6.40 Å². The van der Waals surface area contributed by atoms with Crippen LogP contribution in [0, 0.1) is 0 Å². The van der Waals surface area contributed by atoms with E-state index in [0.29, 0.717) is 17.1 Å². The van der Waals surface area contributed by atoms with Crippen LogP contribution in [0.2, 0.25) is 0 Å². The summed E-state index contributed by atoms with van der Waals surface area (Å²) in [6.45, 7) is 0. The van der Waals surface area contributed by atoms with Crippen molar-refractivity contribution in [2.45, 2.75) is 0 Å². The van der Waals surface area contributed by atoms with Crippen molar-refractivity contribution in [1.82, 2.24) is 4.65 Å². The van der Waals surface area contributed by atoms with Gasteiger partial charge in [0, 0.05) is 0 Å². The standard InChI is InChI=1S/C18H12Br3NO.6ClH.17O.6Sb/c19-13-1-7-16(8-2-13)22(23,17-9-3-14(20)4-10-17)18-11-5-15(21)6-12-18;;;;;;;;;;;;;;;;;;;;;;;;;;;;;/h1-12H;6*1H;;;;;;;;;;;;;;;;;;;;;;;/q;;;;;;;;;;;;;11*-1;5*+1;+2/p-6. The summed E-state index contributed by atoms with van der Waals surface area (Å²) in [5.41, 5.74) is 1.77. The molecule has 0 aromatic heterocycles. The fourth-order valence-corrected chi connectivity index (χ4v) is 5.74. The van der Waals surface area contributed by atoms with Crippen LogP contribution in [0.4, 0.5) is 17.1 Å². The van der Waals surface area contributed by atoms with E-state index in [4.69, 9.17) is 60.9 Å². The minimum atomic E-state index is -5.66. The molecule has 19 nitrogen and oxygen atoms in total. The molecule has 0 radical (unpaired) electrons. The molecule has 3 aromatic rings. The summed E-state index contributed by atoms with van der Waals surface area (Å²) in [4.78, 5) is 0. The van der Waals surface area contributed by atoms with E-state index in [0.717, 1.165) is 13.4 Å². The molecule has 1 atom stereocenters. The number of hydrogen-bond acceptors (Lipinski definition) is 18. The van der Waals surface area contributed by atoms with Gasteiger partial charge in [-0.2, -0.15) is 0 Å². The summed E-state index contributed by atoms with van der Waals surface area (Å²) in [6, 6.07) is 21.7. The monoisotopic (exact) mass is 1700 g/mol. The van der Waals surface area contributed by atoms with E-state index in [-0.39, 0.29) is 0 Å². The summed E-state index contributed by atoms with van der Waals surface area (Å²) in [5.74, 6) is 0. The second-order valence-corrected chi connectivity index (χ2v) is 42.3. The fraction of sp³-hybridized carbons (Fsp3) is 0. The van der Waals surface area contributed by atoms with Gasteiger partial charge in [0.1, 0.15) is 0 Å². The zero-order valence-electron chi connectivity index (χ0n) is 23.8. The number of hydrogen-bond donors (Lipinski definition) is 0. The molecule has 0 spiro atoms. The summed E-state index contributed by atoms with van der Waals surface area (Å²) in [6.07, 6.45) is 0. The minimum absolute atomic E-state index is 0.504. The van der Waals surface area contributed by atoms with Crippen LogP contribution in [0.3, 0.4) is 0 Å². The molecule has 0 aliphatic rings. The SMILES string of the molecule is [O]=[Sb]([O-])([Cl])[O][N+](c1ccc(Br)cc1)(c1ccc(Br)cc1)c1ccc(Br)cc1.[O]=[Sb]([O-])([O-])[Cl].[O]=[Sb]([O-])([O-])[Cl].[O]=[Sb]([O-])([O-])[Cl].[O]=[Sb]([O-])([O-])[Cl].[O]=[Sb]([O-])([O-])[Cl]. The van der Waals surface area contributed by atoms with Crippen LogP contribution in [-0.4, -0.2) is 111 Å². The molecule has 0 amide bonds. The van der Waals surface area contributed by atoms with Gasteiger partial charge in [0.2, 0.25) is 0 Å². The fourth-order valence-electron chi connectivity index (χ4n) is 2.69. The molecule has 3 rings (SSSR count). The second-order valence-electron chi connectivity index (χ2n) is 7.70. The Labute approximate surface area is 370 Å². The zero-order chi connectivity index (χ0) is 42.2. The van der Waals surface area contributed by atoms with Crippen LogP contribution in [0.1, 0.15) is 0 Å². The molecular formula is C18H12Br3Cl6NO18Sb6-10. The Kier molecular flexibility index (Phi) is 31.4. The Hall–Kier alpha value is 4.03. The molecule has 0 aliphatic heterocycles. The molecule has 3 aromatic carbocycles. The third-order valence-electron chi connectivity index (χ3n) is 3.79. The second kappa shape index (κ2) is 27.1. The van der Waals surface area contributed by atoms with Gasteiger partial charge in [-0.3, -0.25) is 0 Å². The van der Waals surface area contributed by atoms with Crippen LogP contribution in [-0.2, 0) is 21.2 Å². The third kappa shape index (κ3) is 45.1. The molecule has 0 heterocycles.